The second kappa shape index (κ2) is 6.52. The fourth-order valence-corrected chi connectivity index (χ4v) is 2.31. The summed E-state index contributed by atoms with van der Waals surface area (Å²) in [6, 6.07) is 1.77. The Labute approximate surface area is 135 Å². The second-order valence-electron chi connectivity index (χ2n) is 6.30. The predicted molar refractivity (Wildman–Crippen MR) is 85.8 cm³/mol. The van der Waals surface area contributed by atoms with E-state index < -0.39 is 0 Å². The van der Waals surface area contributed by atoms with Crippen LogP contribution in [0.3, 0.4) is 0 Å². The first-order valence-corrected chi connectivity index (χ1v) is 7.70. The molecule has 0 saturated carbocycles. The number of hydrogen-bond acceptors (Lipinski definition) is 3. The van der Waals surface area contributed by atoms with E-state index in [1.54, 1.807) is 17.1 Å². The zero-order valence-corrected chi connectivity index (χ0v) is 14.1. The van der Waals surface area contributed by atoms with Gasteiger partial charge in [0.1, 0.15) is 0 Å². The van der Waals surface area contributed by atoms with Gasteiger partial charge in [-0.15, -0.1) is 0 Å². The van der Waals surface area contributed by atoms with Crippen LogP contribution >= 0.6 is 11.6 Å². The number of nitrogens with one attached hydrogen (secondary N) is 1. The first kappa shape index (κ1) is 16.5. The molecule has 0 unspecified atom stereocenters. The van der Waals surface area contributed by atoms with Crippen LogP contribution in [-0.2, 0) is 13.1 Å². The number of aryl methyl sites for hydroxylation is 1. The Morgan fingerprint density at radius 2 is 2.14 bits per heavy atom. The molecule has 7 heteroatoms. The molecule has 0 radical (unpaired) electrons. The van der Waals surface area contributed by atoms with Crippen molar-refractivity contribution < 1.29 is 4.79 Å². The summed E-state index contributed by atoms with van der Waals surface area (Å²) in [4.78, 5) is 12.5. The largest absolute Gasteiger partial charge is 0.345 e. The first-order chi connectivity index (χ1) is 10.3. The number of nitrogens with zero attached hydrogens (tertiary/aromatic N) is 4. The Balaban J connectivity index is 2.15. The van der Waals surface area contributed by atoms with Gasteiger partial charge < -0.3 is 5.32 Å². The Morgan fingerprint density at radius 3 is 2.64 bits per heavy atom. The molecule has 0 saturated heterocycles. The average Bonchev–Trinajstić information content (AvgIpc) is 3.06. The quantitative estimate of drug-likeness (QED) is 0.919. The van der Waals surface area contributed by atoms with Crippen LogP contribution in [0.1, 0.15) is 38.2 Å². The van der Waals surface area contributed by atoms with Crippen LogP contribution in [0.2, 0.25) is 5.02 Å². The molecule has 6 nitrogen and oxygen atoms in total. The molecule has 0 aliphatic carbocycles. The van der Waals surface area contributed by atoms with Gasteiger partial charge in [-0.1, -0.05) is 32.4 Å². The summed E-state index contributed by atoms with van der Waals surface area (Å²) >= 11 is 6.10. The summed E-state index contributed by atoms with van der Waals surface area (Å²) in [5.74, 6) is -0.260. The number of carbonyl (C=O) groups is 1. The van der Waals surface area contributed by atoms with Crippen LogP contribution < -0.4 is 5.32 Å². The smallest absolute Gasteiger partial charge is 0.273 e. The lowest BCUT2D eigenvalue weighted by atomic mass is 9.86. The molecule has 120 valence electrons. The molecule has 1 N–H and O–H groups in total. The van der Waals surface area contributed by atoms with E-state index in [1.165, 1.54) is 0 Å². The molecule has 0 fully saturated rings. The lowest BCUT2D eigenvalue weighted by Gasteiger charge is -2.31. The Bertz CT molecular complexity index is 627. The third kappa shape index (κ3) is 3.88. The van der Waals surface area contributed by atoms with Crippen molar-refractivity contribution in [2.75, 3.05) is 0 Å². The van der Waals surface area contributed by atoms with Crippen molar-refractivity contribution in [1.29, 1.82) is 0 Å². The molecule has 0 aromatic carbocycles. The monoisotopic (exact) mass is 323 g/mol. The topological polar surface area (TPSA) is 64.7 Å². The van der Waals surface area contributed by atoms with Gasteiger partial charge in [-0.05, 0) is 18.4 Å². The van der Waals surface area contributed by atoms with Gasteiger partial charge in [-0.2, -0.15) is 10.2 Å². The van der Waals surface area contributed by atoms with Gasteiger partial charge in [0.25, 0.3) is 5.91 Å². The molecule has 0 aliphatic rings. The number of halogens is 1. The van der Waals surface area contributed by atoms with Gasteiger partial charge >= 0.3 is 0 Å². The third-order valence-corrected chi connectivity index (χ3v) is 3.81. The highest BCUT2D eigenvalue weighted by Crippen LogP contribution is 2.22. The Hall–Kier alpha value is -1.82. The predicted octanol–water partition coefficient (Wildman–Crippen LogP) is 2.60. The van der Waals surface area contributed by atoms with E-state index in [1.807, 2.05) is 23.9 Å². The average molecular weight is 324 g/mol. The van der Waals surface area contributed by atoms with Crippen LogP contribution in [0.5, 0.6) is 0 Å². The maximum atomic E-state index is 12.5. The van der Waals surface area contributed by atoms with Crippen LogP contribution in [-0.4, -0.2) is 31.5 Å². The molecule has 2 aromatic rings. The minimum atomic E-state index is -0.260. The SMILES string of the molecule is CCn1cc(Cl)c(C(=O)N[C@H](Cn2cccn2)C(C)(C)C)n1. The summed E-state index contributed by atoms with van der Waals surface area (Å²) in [6.07, 6.45) is 5.26. The van der Waals surface area contributed by atoms with E-state index in [4.69, 9.17) is 11.6 Å². The fraction of sp³-hybridized carbons (Fsp3) is 0.533. The number of hydrogen-bond donors (Lipinski definition) is 1. The van der Waals surface area contributed by atoms with Crippen molar-refractivity contribution in [2.24, 2.45) is 5.41 Å². The van der Waals surface area contributed by atoms with E-state index in [0.29, 0.717) is 18.1 Å². The van der Waals surface area contributed by atoms with Crippen molar-refractivity contribution in [1.82, 2.24) is 24.9 Å². The van der Waals surface area contributed by atoms with Gasteiger partial charge in [0.2, 0.25) is 0 Å². The number of carbonyl (C=O) groups excluding carboxylic acids is 1. The van der Waals surface area contributed by atoms with Crippen molar-refractivity contribution >= 4 is 17.5 Å². The summed E-state index contributed by atoms with van der Waals surface area (Å²) < 4.78 is 3.46. The van der Waals surface area contributed by atoms with Crippen LogP contribution in [0.4, 0.5) is 0 Å². The van der Waals surface area contributed by atoms with E-state index in [9.17, 15) is 4.79 Å². The summed E-state index contributed by atoms with van der Waals surface area (Å²) in [7, 11) is 0. The zero-order chi connectivity index (χ0) is 16.3. The minimum absolute atomic E-state index is 0.0947. The standard InChI is InChI=1S/C15H22ClN5O/c1-5-20-9-11(16)13(19-20)14(22)18-12(15(2,3)4)10-21-8-6-7-17-21/h6-9,12H,5,10H2,1-4H3,(H,18,22)/t12-/m1/s1. The van der Waals surface area contributed by atoms with Gasteiger partial charge in [-0.3, -0.25) is 14.2 Å². The Morgan fingerprint density at radius 1 is 1.41 bits per heavy atom. The van der Waals surface area contributed by atoms with Gasteiger partial charge in [-0.25, -0.2) is 0 Å². The van der Waals surface area contributed by atoms with Crippen LogP contribution in [0.25, 0.3) is 0 Å². The van der Waals surface area contributed by atoms with Gasteiger partial charge in [0, 0.05) is 25.1 Å². The van der Waals surface area contributed by atoms with Crippen molar-refractivity contribution in [3.8, 4) is 0 Å². The fourth-order valence-electron chi connectivity index (χ4n) is 2.07. The summed E-state index contributed by atoms with van der Waals surface area (Å²) in [5.41, 5.74) is 0.139. The second-order valence-corrected chi connectivity index (χ2v) is 6.71. The van der Waals surface area contributed by atoms with E-state index in [-0.39, 0.29) is 23.1 Å². The zero-order valence-electron chi connectivity index (χ0n) is 13.4. The highest BCUT2D eigenvalue weighted by Gasteiger charge is 2.28. The number of aromatic nitrogens is 4. The number of amides is 1. The molecule has 1 atom stereocenters. The lowest BCUT2D eigenvalue weighted by molar-refractivity contribution is 0.0884. The molecule has 0 bridgehead atoms. The van der Waals surface area contributed by atoms with E-state index in [0.717, 1.165) is 0 Å². The van der Waals surface area contributed by atoms with Crippen molar-refractivity contribution in [3.63, 3.8) is 0 Å². The Kier molecular flexibility index (Phi) is 4.90. The van der Waals surface area contributed by atoms with E-state index >= 15 is 0 Å². The molecule has 2 heterocycles. The van der Waals surface area contributed by atoms with Crippen LogP contribution in [0, 0.1) is 5.41 Å². The number of rotatable bonds is 5. The molecule has 2 aromatic heterocycles. The molecular formula is C15H22ClN5O. The van der Waals surface area contributed by atoms with Crippen molar-refractivity contribution in [2.45, 2.75) is 46.8 Å². The van der Waals surface area contributed by atoms with Gasteiger partial charge in [0.15, 0.2) is 5.69 Å². The molecule has 1 amide bonds. The maximum absolute atomic E-state index is 12.5. The highest BCUT2D eigenvalue weighted by atomic mass is 35.5. The first-order valence-electron chi connectivity index (χ1n) is 7.32. The van der Waals surface area contributed by atoms with Gasteiger partial charge in [0.05, 0.1) is 17.6 Å². The van der Waals surface area contributed by atoms with Crippen LogP contribution in [0.15, 0.2) is 24.7 Å². The highest BCUT2D eigenvalue weighted by molar-refractivity contribution is 6.33. The minimum Gasteiger partial charge on any atom is -0.345 e. The third-order valence-electron chi connectivity index (χ3n) is 3.54. The molecule has 22 heavy (non-hydrogen) atoms. The summed E-state index contributed by atoms with van der Waals surface area (Å²) in [5, 5.41) is 11.8. The normalized spacial score (nSPS) is 13.1. The molecule has 2 rings (SSSR count). The molecule has 0 aliphatic heterocycles. The summed E-state index contributed by atoms with van der Waals surface area (Å²) in [6.45, 7) is 9.44. The van der Waals surface area contributed by atoms with E-state index in [2.05, 4.69) is 36.3 Å². The molecular weight excluding hydrogens is 302 g/mol. The maximum Gasteiger partial charge on any atom is 0.273 e. The molecule has 0 spiro atoms. The lowest BCUT2D eigenvalue weighted by Crippen LogP contribution is -2.46. The van der Waals surface area contributed by atoms with Crippen molar-refractivity contribution in [3.05, 3.63) is 35.4 Å².